The van der Waals surface area contributed by atoms with E-state index in [2.05, 4.69) is 10.3 Å². The smallest absolute Gasteiger partial charge is 0.149 e. The summed E-state index contributed by atoms with van der Waals surface area (Å²) in [7, 11) is 1.70. The average Bonchev–Trinajstić information content (AvgIpc) is 2.23. The molecule has 0 saturated carbocycles. The Morgan fingerprint density at radius 3 is 2.87 bits per heavy atom. The summed E-state index contributed by atoms with van der Waals surface area (Å²) in [6, 6.07) is 2.77. The zero-order chi connectivity index (χ0) is 11.0. The van der Waals surface area contributed by atoms with E-state index in [9.17, 15) is 4.39 Å². The van der Waals surface area contributed by atoms with Crippen LogP contribution >= 0.6 is 11.6 Å². The summed E-state index contributed by atoms with van der Waals surface area (Å²) in [5.41, 5.74) is 6.98. The molecule has 0 aliphatic heterocycles. The summed E-state index contributed by atoms with van der Waals surface area (Å²) in [5, 5.41) is 3.83. The molecule has 3 nitrogen and oxygen atoms in total. The van der Waals surface area contributed by atoms with Crippen LogP contribution in [0.3, 0.4) is 0 Å². The van der Waals surface area contributed by atoms with E-state index in [4.69, 9.17) is 17.3 Å². The van der Waals surface area contributed by atoms with Crippen LogP contribution in [0, 0.1) is 5.82 Å². The van der Waals surface area contributed by atoms with Crippen molar-refractivity contribution in [1.29, 1.82) is 0 Å². The third kappa shape index (κ3) is 1.47. The van der Waals surface area contributed by atoms with Crippen molar-refractivity contribution >= 4 is 33.9 Å². The van der Waals surface area contributed by atoms with Gasteiger partial charge in [0.25, 0.3) is 0 Å². The summed E-state index contributed by atoms with van der Waals surface area (Å²) >= 11 is 5.98. The lowest BCUT2D eigenvalue weighted by Gasteiger charge is -2.10. The number of aromatic nitrogens is 1. The van der Waals surface area contributed by atoms with Crippen molar-refractivity contribution < 1.29 is 4.39 Å². The monoisotopic (exact) mass is 225 g/mol. The molecule has 2 rings (SSSR count). The number of pyridine rings is 1. The minimum absolute atomic E-state index is 0.223. The quantitative estimate of drug-likeness (QED) is 0.785. The van der Waals surface area contributed by atoms with Gasteiger partial charge in [0.2, 0.25) is 0 Å². The summed E-state index contributed by atoms with van der Waals surface area (Å²) in [6.07, 6.45) is 1.41. The number of nitrogens with one attached hydrogen (secondary N) is 1. The molecule has 2 aromatic rings. The molecule has 1 heterocycles. The highest BCUT2D eigenvalue weighted by molar-refractivity contribution is 6.36. The van der Waals surface area contributed by atoms with Gasteiger partial charge in [-0.05, 0) is 12.1 Å². The fraction of sp³-hybridized carbons (Fsp3) is 0.100. The van der Waals surface area contributed by atoms with Gasteiger partial charge in [-0.1, -0.05) is 11.6 Å². The number of nitrogen functional groups attached to an aromatic ring is 1. The van der Waals surface area contributed by atoms with E-state index in [1.165, 1.54) is 18.3 Å². The fourth-order valence-corrected chi connectivity index (χ4v) is 1.76. The first-order chi connectivity index (χ1) is 7.15. The Morgan fingerprint density at radius 1 is 1.47 bits per heavy atom. The number of anilines is 2. The van der Waals surface area contributed by atoms with Crippen molar-refractivity contribution in [3.63, 3.8) is 0 Å². The zero-order valence-corrected chi connectivity index (χ0v) is 8.77. The second-order valence-electron chi connectivity index (χ2n) is 3.09. The topological polar surface area (TPSA) is 50.9 Å². The molecular weight excluding hydrogens is 217 g/mol. The minimum atomic E-state index is -0.411. The van der Waals surface area contributed by atoms with Crippen LogP contribution in [0.2, 0.25) is 5.02 Å². The average molecular weight is 226 g/mol. The summed E-state index contributed by atoms with van der Waals surface area (Å²) < 4.78 is 13.4. The molecule has 0 atom stereocenters. The Hall–Kier alpha value is -1.55. The van der Waals surface area contributed by atoms with Gasteiger partial charge in [-0.2, -0.15) is 0 Å². The number of halogens is 2. The summed E-state index contributed by atoms with van der Waals surface area (Å²) in [5.74, 6) is -0.411. The molecule has 5 heteroatoms. The third-order valence-electron chi connectivity index (χ3n) is 2.20. The predicted molar refractivity (Wildman–Crippen MR) is 60.7 cm³/mol. The van der Waals surface area contributed by atoms with Gasteiger partial charge in [0, 0.05) is 12.4 Å². The lowest BCUT2D eigenvalue weighted by molar-refractivity contribution is 0.637. The number of nitrogens with two attached hydrogens (primary N) is 1. The number of rotatable bonds is 1. The molecule has 0 radical (unpaired) electrons. The second-order valence-corrected chi connectivity index (χ2v) is 3.50. The first kappa shape index (κ1) is 9.98. The SMILES string of the molecule is CNc1c(N)cnc2c(F)ccc(Cl)c12. The van der Waals surface area contributed by atoms with Gasteiger partial charge in [-0.25, -0.2) is 4.39 Å². The molecule has 0 bridgehead atoms. The third-order valence-corrected chi connectivity index (χ3v) is 2.51. The van der Waals surface area contributed by atoms with Crippen molar-refractivity contribution in [1.82, 2.24) is 4.98 Å². The van der Waals surface area contributed by atoms with Gasteiger partial charge in [-0.3, -0.25) is 4.98 Å². The lowest BCUT2D eigenvalue weighted by Crippen LogP contribution is -1.99. The Kier molecular flexibility index (Phi) is 2.36. The maximum atomic E-state index is 13.4. The van der Waals surface area contributed by atoms with E-state index in [-0.39, 0.29) is 5.52 Å². The Morgan fingerprint density at radius 2 is 2.20 bits per heavy atom. The maximum Gasteiger partial charge on any atom is 0.149 e. The minimum Gasteiger partial charge on any atom is -0.396 e. The molecule has 1 aromatic heterocycles. The Labute approximate surface area is 91.1 Å². The van der Waals surface area contributed by atoms with Crippen molar-refractivity contribution in [3.8, 4) is 0 Å². The fourth-order valence-electron chi connectivity index (χ4n) is 1.52. The largest absolute Gasteiger partial charge is 0.396 e. The molecule has 0 amide bonds. The molecule has 0 spiro atoms. The highest BCUT2D eigenvalue weighted by Gasteiger charge is 2.12. The van der Waals surface area contributed by atoms with Crippen LogP contribution in [0.15, 0.2) is 18.3 Å². The van der Waals surface area contributed by atoms with Gasteiger partial charge < -0.3 is 11.1 Å². The molecule has 15 heavy (non-hydrogen) atoms. The molecule has 0 saturated heterocycles. The van der Waals surface area contributed by atoms with E-state index in [1.54, 1.807) is 7.05 Å². The second kappa shape index (κ2) is 3.55. The first-order valence-corrected chi connectivity index (χ1v) is 4.73. The van der Waals surface area contributed by atoms with Crippen LogP contribution in [-0.4, -0.2) is 12.0 Å². The zero-order valence-electron chi connectivity index (χ0n) is 8.01. The molecule has 3 N–H and O–H groups in total. The van der Waals surface area contributed by atoms with Crippen LogP contribution in [0.4, 0.5) is 15.8 Å². The van der Waals surface area contributed by atoms with E-state index in [0.717, 1.165) is 0 Å². The standard InChI is InChI=1S/C10H9ClFN3/c1-14-10-7(13)4-15-9-6(12)3-2-5(11)8(9)10/h2-4H,13H2,1H3,(H,14,15). The number of benzene rings is 1. The number of hydrogen-bond donors (Lipinski definition) is 2. The van der Waals surface area contributed by atoms with E-state index in [0.29, 0.717) is 21.8 Å². The summed E-state index contributed by atoms with van der Waals surface area (Å²) in [6.45, 7) is 0. The molecule has 0 aliphatic carbocycles. The maximum absolute atomic E-state index is 13.4. The van der Waals surface area contributed by atoms with Crippen LogP contribution in [-0.2, 0) is 0 Å². The summed E-state index contributed by atoms with van der Waals surface area (Å²) in [4.78, 5) is 3.93. The van der Waals surface area contributed by atoms with Crippen molar-refractivity contribution in [2.45, 2.75) is 0 Å². The number of fused-ring (bicyclic) bond motifs is 1. The van der Waals surface area contributed by atoms with E-state index < -0.39 is 5.82 Å². The van der Waals surface area contributed by atoms with Crippen LogP contribution in [0.25, 0.3) is 10.9 Å². The Bertz CT molecular complexity index is 528. The van der Waals surface area contributed by atoms with Gasteiger partial charge in [-0.15, -0.1) is 0 Å². The predicted octanol–water partition coefficient (Wildman–Crippen LogP) is 2.65. The Balaban J connectivity index is 2.96. The normalized spacial score (nSPS) is 10.6. The van der Waals surface area contributed by atoms with E-state index >= 15 is 0 Å². The van der Waals surface area contributed by atoms with Crippen LogP contribution in [0.1, 0.15) is 0 Å². The molecule has 1 aromatic carbocycles. The molecule has 0 unspecified atom stereocenters. The van der Waals surface area contributed by atoms with E-state index in [1.807, 2.05) is 0 Å². The molecule has 78 valence electrons. The molecule has 0 aliphatic rings. The van der Waals surface area contributed by atoms with Gasteiger partial charge in [0.15, 0.2) is 0 Å². The number of nitrogens with zero attached hydrogens (tertiary/aromatic N) is 1. The molecule has 0 fully saturated rings. The number of hydrogen-bond acceptors (Lipinski definition) is 3. The lowest BCUT2D eigenvalue weighted by atomic mass is 10.1. The van der Waals surface area contributed by atoms with Gasteiger partial charge >= 0.3 is 0 Å². The van der Waals surface area contributed by atoms with Gasteiger partial charge in [0.05, 0.1) is 22.6 Å². The first-order valence-electron chi connectivity index (χ1n) is 4.35. The highest BCUT2D eigenvalue weighted by atomic mass is 35.5. The van der Waals surface area contributed by atoms with Crippen molar-refractivity contribution in [2.75, 3.05) is 18.1 Å². The highest BCUT2D eigenvalue weighted by Crippen LogP contribution is 2.34. The van der Waals surface area contributed by atoms with Gasteiger partial charge in [0.1, 0.15) is 11.3 Å². The van der Waals surface area contributed by atoms with Crippen molar-refractivity contribution in [3.05, 3.63) is 29.2 Å². The van der Waals surface area contributed by atoms with Crippen molar-refractivity contribution in [2.24, 2.45) is 0 Å². The molecular formula is C10H9ClFN3. The van der Waals surface area contributed by atoms with Crippen LogP contribution in [0.5, 0.6) is 0 Å². The van der Waals surface area contributed by atoms with Crippen LogP contribution < -0.4 is 11.1 Å².